The Morgan fingerprint density at radius 1 is 1.21 bits per heavy atom. The Kier molecular flexibility index (Phi) is 7.30. The molecular formula is C23H31NO3S. The van der Waals surface area contributed by atoms with Crippen LogP contribution in [0.2, 0.25) is 0 Å². The van der Waals surface area contributed by atoms with E-state index in [-0.39, 0.29) is 6.10 Å². The average Bonchev–Trinajstić information content (AvgIpc) is 3.39. The topological polar surface area (TPSA) is 45.8 Å². The van der Waals surface area contributed by atoms with Crippen molar-refractivity contribution in [2.45, 2.75) is 57.4 Å². The van der Waals surface area contributed by atoms with Crippen LogP contribution < -0.4 is 0 Å². The first kappa shape index (κ1) is 21.1. The molecule has 2 aromatic rings. The molecule has 0 aliphatic carbocycles. The molecule has 0 saturated carbocycles. The van der Waals surface area contributed by atoms with Crippen LogP contribution in [0, 0.1) is 6.92 Å². The maximum absolute atomic E-state index is 10.9. The van der Waals surface area contributed by atoms with Gasteiger partial charge in [0.25, 0.3) is 0 Å². The highest BCUT2D eigenvalue weighted by atomic mass is 32.1. The highest BCUT2D eigenvalue weighted by Gasteiger charge is 2.30. The smallest absolute Gasteiger partial charge is 0.136 e. The van der Waals surface area contributed by atoms with Crippen molar-refractivity contribution in [1.82, 2.24) is 4.90 Å². The molecular weight excluding hydrogens is 370 g/mol. The summed E-state index contributed by atoms with van der Waals surface area (Å²) >= 11 is 1.83. The van der Waals surface area contributed by atoms with Gasteiger partial charge in [-0.1, -0.05) is 12.2 Å². The second kappa shape index (κ2) is 9.70. The van der Waals surface area contributed by atoms with E-state index in [0.717, 1.165) is 38.3 Å². The summed E-state index contributed by atoms with van der Waals surface area (Å²) in [4.78, 5) is 5.05. The van der Waals surface area contributed by atoms with Gasteiger partial charge < -0.3 is 14.3 Å². The Morgan fingerprint density at radius 2 is 2.00 bits per heavy atom. The molecule has 1 saturated heterocycles. The summed E-state index contributed by atoms with van der Waals surface area (Å²) in [6, 6.07) is 8.21. The van der Waals surface area contributed by atoms with E-state index in [0.29, 0.717) is 25.1 Å². The van der Waals surface area contributed by atoms with E-state index in [4.69, 9.17) is 9.15 Å². The molecule has 152 valence electrons. The summed E-state index contributed by atoms with van der Waals surface area (Å²) in [6.45, 7) is 13.0. The number of ether oxygens (including phenoxy) is 1. The van der Waals surface area contributed by atoms with E-state index in [1.54, 1.807) is 12.2 Å². The van der Waals surface area contributed by atoms with Crippen LogP contribution in [0.25, 0.3) is 0 Å². The lowest BCUT2D eigenvalue weighted by atomic mass is 9.93. The van der Waals surface area contributed by atoms with Crippen LogP contribution in [0.4, 0.5) is 0 Å². The molecule has 0 bridgehead atoms. The number of hydrogen-bond acceptors (Lipinski definition) is 5. The van der Waals surface area contributed by atoms with Crippen molar-refractivity contribution in [2.75, 3.05) is 13.2 Å². The number of nitrogens with zero attached hydrogens (tertiary/aromatic N) is 1. The van der Waals surface area contributed by atoms with Crippen molar-refractivity contribution in [2.24, 2.45) is 0 Å². The highest BCUT2D eigenvalue weighted by molar-refractivity contribution is 7.11. The van der Waals surface area contributed by atoms with Crippen LogP contribution in [-0.2, 0) is 23.4 Å². The number of rotatable bonds is 11. The molecule has 28 heavy (non-hydrogen) atoms. The van der Waals surface area contributed by atoms with Gasteiger partial charge in [-0.2, -0.15) is 0 Å². The van der Waals surface area contributed by atoms with Gasteiger partial charge in [-0.15, -0.1) is 24.5 Å². The maximum Gasteiger partial charge on any atom is 0.136 e. The van der Waals surface area contributed by atoms with Crippen molar-refractivity contribution in [3.63, 3.8) is 0 Å². The molecule has 1 atom stereocenters. The van der Waals surface area contributed by atoms with Gasteiger partial charge in [0.15, 0.2) is 0 Å². The zero-order chi connectivity index (χ0) is 20.0. The number of thiophene rings is 1. The first-order valence-corrected chi connectivity index (χ1v) is 10.8. The van der Waals surface area contributed by atoms with Crippen LogP contribution in [0.5, 0.6) is 0 Å². The fourth-order valence-electron chi connectivity index (χ4n) is 3.75. The largest absolute Gasteiger partial charge is 0.462 e. The van der Waals surface area contributed by atoms with E-state index < -0.39 is 5.60 Å². The molecule has 0 spiro atoms. The molecule has 2 aromatic heterocycles. The summed E-state index contributed by atoms with van der Waals surface area (Å²) < 4.78 is 11.9. The molecule has 0 radical (unpaired) electrons. The molecule has 3 rings (SSSR count). The minimum Gasteiger partial charge on any atom is -0.462 e. The van der Waals surface area contributed by atoms with Gasteiger partial charge in [0.2, 0.25) is 0 Å². The molecule has 3 heterocycles. The number of hydrogen-bond donors (Lipinski definition) is 1. The standard InChI is InChI=1S/C23H31NO3S/c1-4-12-23(25,13-5-2)22-11-9-20(27-22)16-24(15-19-7-6-14-26-19)17-21-10-8-18(3)28-21/h4-5,8-11,19,25H,1-2,6-7,12-17H2,3H3/t19-/m1/s1. The molecule has 1 aliphatic rings. The van der Waals surface area contributed by atoms with Gasteiger partial charge in [-0.25, -0.2) is 0 Å². The Bertz CT molecular complexity index is 762. The van der Waals surface area contributed by atoms with Gasteiger partial charge in [0.05, 0.1) is 12.6 Å². The van der Waals surface area contributed by atoms with Crippen LogP contribution in [0.3, 0.4) is 0 Å². The first-order chi connectivity index (χ1) is 13.5. The van der Waals surface area contributed by atoms with Gasteiger partial charge in [-0.3, -0.25) is 4.90 Å². The summed E-state index contributed by atoms with van der Waals surface area (Å²) in [5.41, 5.74) is -1.08. The predicted molar refractivity (Wildman–Crippen MR) is 114 cm³/mol. The van der Waals surface area contributed by atoms with Crippen molar-refractivity contribution in [3.05, 3.63) is 70.9 Å². The molecule has 0 unspecified atom stereocenters. The lowest BCUT2D eigenvalue weighted by Gasteiger charge is -2.25. The van der Waals surface area contributed by atoms with Crippen LogP contribution in [0.1, 0.15) is 47.0 Å². The van der Waals surface area contributed by atoms with E-state index in [1.807, 2.05) is 23.5 Å². The molecule has 0 aromatic carbocycles. The minimum atomic E-state index is -1.08. The zero-order valence-corrected chi connectivity index (χ0v) is 17.5. The second-order valence-corrected chi connectivity index (χ2v) is 8.97. The van der Waals surface area contributed by atoms with Crippen molar-refractivity contribution in [1.29, 1.82) is 0 Å². The van der Waals surface area contributed by atoms with E-state index in [1.165, 1.54) is 9.75 Å². The minimum absolute atomic E-state index is 0.286. The number of furan rings is 1. The highest BCUT2D eigenvalue weighted by Crippen LogP contribution is 2.32. The lowest BCUT2D eigenvalue weighted by Crippen LogP contribution is -2.31. The quantitative estimate of drug-likeness (QED) is 0.528. The van der Waals surface area contributed by atoms with E-state index in [9.17, 15) is 5.11 Å². The van der Waals surface area contributed by atoms with E-state index >= 15 is 0 Å². The molecule has 1 fully saturated rings. The first-order valence-electron chi connectivity index (χ1n) is 9.95. The third kappa shape index (κ3) is 5.45. The van der Waals surface area contributed by atoms with Crippen LogP contribution in [0.15, 0.2) is 54.0 Å². The Hall–Kier alpha value is -1.66. The fraction of sp³-hybridized carbons (Fsp3) is 0.478. The Balaban J connectivity index is 1.73. The summed E-state index contributed by atoms with van der Waals surface area (Å²) in [7, 11) is 0. The number of aryl methyl sites for hydroxylation is 1. The Labute approximate surface area is 172 Å². The van der Waals surface area contributed by atoms with Gasteiger partial charge >= 0.3 is 0 Å². The fourth-order valence-corrected chi connectivity index (χ4v) is 4.68. The van der Waals surface area contributed by atoms with Crippen molar-refractivity contribution in [3.8, 4) is 0 Å². The van der Waals surface area contributed by atoms with Gasteiger partial charge in [0, 0.05) is 42.3 Å². The summed E-state index contributed by atoms with van der Waals surface area (Å²) in [5, 5.41) is 10.9. The van der Waals surface area contributed by atoms with Gasteiger partial charge in [-0.05, 0) is 44.0 Å². The monoisotopic (exact) mass is 401 g/mol. The summed E-state index contributed by atoms with van der Waals surface area (Å²) in [5.74, 6) is 1.43. The number of aliphatic hydroxyl groups is 1. The average molecular weight is 402 g/mol. The SMILES string of the molecule is C=CCC(O)(CC=C)c1ccc(CN(Cc2ccc(C)s2)C[C@H]2CCCO2)o1. The third-order valence-electron chi connectivity index (χ3n) is 5.13. The predicted octanol–water partition coefficient (Wildman–Crippen LogP) is 5.17. The molecule has 5 heteroatoms. The van der Waals surface area contributed by atoms with Crippen molar-refractivity contribution < 1.29 is 14.3 Å². The second-order valence-electron chi connectivity index (χ2n) is 7.60. The molecule has 1 aliphatic heterocycles. The van der Waals surface area contributed by atoms with E-state index in [2.05, 4.69) is 37.1 Å². The van der Waals surface area contributed by atoms with Gasteiger partial charge in [0.1, 0.15) is 17.1 Å². The molecule has 0 amide bonds. The zero-order valence-electron chi connectivity index (χ0n) is 16.7. The van der Waals surface area contributed by atoms with Crippen LogP contribution >= 0.6 is 11.3 Å². The summed E-state index contributed by atoms with van der Waals surface area (Å²) in [6.07, 6.45) is 6.83. The Morgan fingerprint density at radius 3 is 2.61 bits per heavy atom. The maximum atomic E-state index is 10.9. The van der Waals surface area contributed by atoms with Crippen LogP contribution in [-0.4, -0.2) is 29.3 Å². The van der Waals surface area contributed by atoms with Crippen molar-refractivity contribution >= 4 is 11.3 Å². The normalized spacial score (nSPS) is 17.3. The molecule has 4 nitrogen and oxygen atoms in total. The molecule has 1 N–H and O–H groups in total. The lowest BCUT2D eigenvalue weighted by molar-refractivity contribution is 0.0178. The third-order valence-corrected chi connectivity index (χ3v) is 6.11.